The predicted octanol–water partition coefficient (Wildman–Crippen LogP) is 0.746. The van der Waals surface area contributed by atoms with E-state index >= 15 is 0 Å². The lowest BCUT2D eigenvalue weighted by Crippen LogP contribution is -2.12. The van der Waals surface area contributed by atoms with Crippen molar-refractivity contribution in [2.45, 2.75) is 13.3 Å². The summed E-state index contributed by atoms with van der Waals surface area (Å²) in [4.78, 5) is 13.4. The third kappa shape index (κ3) is 1.78. The van der Waals surface area contributed by atoms with Crippen LogP contribution in [0.4, 0.5) is 5.69 Å². The first-order valence-corrected chi connectivity index (χ1v) is 3.85. The minimum atomic E-state index is -0.302. The topological polar surface area (TPSA) is 68.1 Å². The van der Waals surface area contributed by atoms with E-state index in [2.05, 4.69) is 4.98 Å². The first-order valence-electron chi connectivity index (χ1n) is 3.85. The Bertz CT molecular complexity index is 306. The number of anilines is 1. The maximum absolute atomic E-state index is 10.9. The van der Waals surface area contributed by atoms with Gasteiger partial charge in [-0.25, -0.2) is 0 Å². The van der Waals surface area contributed by atoms with E-state index in [4.69, 9.17) is 10.5 Å². The molecule has 3 N–H and O–H groups in total. The molecule has 66 valence electrons. The number of rotatable bonds is 3. The summed E-state index contributed by atoms with van der Waals surface area (Å²) in [5.41, 5.74) is 5.30. The Labute approximate surface area is 70.4 Å². The van der Waals surface area contributed by atoms with Crippen LogP contribution in [0.25, 0.3) is 0 Å². The van der Waals surface area contributed by atoms with Gasteiger partial charge in [-0.3, -0.25) is 4.79 Å². The van der Waals surface area contributed by atoms with E-state index in [0.29, 0.717) is 12.4 Å². The summed E-state index contributed by atoms with van der Waals surface area (Å²) < 4.78 is 5.22. The fourth-order valence-electron chi connectivity index (χ4n) is 0.810. The highest BCUT2D eigenvalue weighted by Gasteiger charge is 2.01. The van der Waals surface area contributed by atoms with Gasteiger partial charge in [0.25, 0.3) is 5.56 Å². The van der Waals surface area contributed by atoms with Crippen LogP contribution in [-0.2, 0) is 0 Å². The zero-order valence-electron chi connectivity index (χ0n) is 6.96. The van der Waals surface area contributed by atoms with Gasteiger partial charge in [-0.05, 0) is 12.5 Å². The Morgan fingerprint density at radius 2 is 2.42 bits per heavy atom. The van der Waals surface area contributed by atoms with Crippen molar-refractivity contribution in [1.29, 1.82) is 0 Å². The molecule has 1 aromatic heterocycles. The summed E-state index contributed by atoms with van der Waals surface area (Å²) in [5, 5.41) is 0. The molecule has 0 bridgehead atoms. The zero-order chi connectivity index (χ0) is 8.97. The van der Waals surface area contributed by atoms with Crippen molar-refractivity contribution >= 4 is 5.69 Å². The maximum atomic E-state index is 10.9. The first kappa shape index (κ1) is 8.64. The van der Waals surface area contributed by atoms with Gasteiger partial charge < -0.3 is 15.5 Å². The molecule has 4 nitrogen and oxygen atoms in total. The summed E-state index contributed by atoms with van der Waals surface area (Å²) in [5.74, 6) is 0.459. The standard InChI is InChI=1S/C8H12N2O2/c1-2-5-12-6-3-4-10-8(11)7(6)9/h3-4H,2,5,9H2,1H3,(H,10,11). The molecule has 1 aromatic rings. The van der Waals surface area contributed by atoms with Gasteiger partial charge in [0.1, 0.15) is 11.4 Å². The molecule has 0 amide bonds. The lowest BCUT2D eigenvalue weighted by Gasteiger charge is -2.05. The fraction of sp³-hybridized carbons (Fsp3) is 0.375. The number of nitrogen functional groups attached to an aromatic ring is 1. The lowest BCUT2D eigenvalue weighted by molar-refractivity contribution is 0.318. The summed E-state index contributed by atoms with van der Waals surface area (Å²) in [6.07, 6.45) is 2.41. The molecule has 0 saturated carbocycles. The largest absolute Gasteiger partial charge is 0.491 e. The van der Waals surface area contributed by atoms with Gasteiger partial charge in [0, 0.05) is 6.20 Å². The molecule has 0 unspecified atom stereocenters. The van der Waals surface area contributed by atoms with Crippen molar-refractivity contribution in [3.8, 4) is 5.75 Å². The molecule has 4 heteroatoms. The minimum Gasteiger partial charge on any atom is -0.491 e. The highest BCUT2D eigenvalue weighted by molar-refractivity contribution is 5.49. The Balaban J connectivity index is 2.85. The van der Waals surface area contributed by atoms with Gasteiger partial charge in [0.15, 0.2) is 0 Å². The Kier molecular flexibility index (Phi) is 2.74. The number of ether oxygens (including phenoxy) is 1. The SMILES string of the molecule is CCCOc1cc[nH]c(=O)c1N. The number of hydrogen-bond donors (Lipinski definition) is 2. The van der Waals surface area contributed by atoms with Crippen LogP contribution in [0.2, 0.25) is 0 Å². The van der Waals surface area contributed by atoms with Gasteiger partial charge in [-0.2, -0.15) is 0 Å². The van der Waals surface area contributed by atoms with E-state index in [1.807, 2.05) is 6.92 Å². The van der Waals surface area contributed by atoms with Gasteiger partial charge >= 0.3 is 0 Å². The molecule has 0 aliphatic heterocycles. The molecule has 0 spiro atoms. The van der Waals surface area contributed by atoms with Crippen LogP contribution in [-0.4, -0.2) is 11.6 Å². The Hall–Kier alpha value is -1.45. The number of hydrogen-bond acceptors (Lipinski definition) is 3. The molecule has 0 atom stereocenters. The quantitative estimate of drug-likeness (QED) is 0.699. The highest BCUT2D eigenvalue weighted by atomic mass is 16.5. The van der Waals surface area contributed by atoms with Crippen LogP contribution in [0.3, 0.4) is 0 Å². The number of H-pyrrole nitrogens is 1. The number of aromatic amines is 1. The normalized spacial score (nSPS) is 9.75. The van der Waals surface area contributed by atoms with E-state index in [0.717, 1.165) is 6.42 Å². The van der Waals surface area contributed by atoms with Gasteiger partial charge in [-0.15, -0.1) is 0 Å². The zero-order valence-corrected chi connectivity index (χ0v) is 6.96. The fourth-order valence-corrected chi connectivity index (χ4v) is 0.810. The van der Waals surface area contributed by atoms with Crippen molar-refractivity contribution in [3.05, 3.63) is 22.6 Å². The third-order valence-electron chi connectivity index (χ3n) is 1.42. The van der Waals surface area contributed by atoms with Crippen molar-refractivity contribution in [1.82, 2.24) is 4.98 Å². The van der Waals surface area contributed by atoms with E-state index in [9.17, 15) is 4.79 Å². The average Bonchev–Trinajstić information content (AvgIpc) is 2.08. The Morgan fingerprint density at radius 1 is 1.67 bits per heavy atom. The first-order chi connectivity index (χ1) is 5.75. The summed E-state index contributed by atoms with van der Waals surface area (Å²) in [6.45, 7) is 2.57. The lowest BCUT2D eigenvalue weighted by atomic mass is 10.4. The summed E-state index contributed by atoms with van der Waals surface area (Å²) in [6, 6.07) is 1.65. The minimum absolute atomic E-state index is 0.144. The highest BCUT2D eigenvalue weighted by Crippen LogP contribution is 2.14. The molecule has 0 radical (unpaired) electrons. The van der Waals surface area contributed by atoms with E-state index in [1.54, 1.807) is 6.07 Å². The van der Waals surface area contributed by atoms with Gasteiger partial charge in [-0.1, -0.05) is 6.92 Å². The monoisotopic (exact) mass is 168 g/mol. The van der Waals surface area contributed by atoms with Crippen molar-refractivity contribution in [2.75, 3.05) is 12.3 Å². The molecule has 0 aliphatic carbocycles. The molecule has 1 heterocycles. The second-order valence-electron chi connectivity index (χ2n) is 2.43. The Morgan fingerprint density at radius 3 is 3.08 bits per heavy atom. The molecule has 1 rings (SSSR count). The average molecular weight is 168 g/mol. The molecular weight excluding hydrogens is 156 g/mol. The molecule has 0 fully saturated rings. The molecule has 0 aliphatic rings. The molecule has 12 heavy (non-hydrogen) atoms. The van der Waals surface area contributed by atoms with E-state index in [-0.39, 0.29) is 11.2 Å². The second kappa shape index (κ2) is 3.80. The molecule has 0 saturated heterocycles. The van der Waals surface area contributed by atoms with E-state index < -0.39 is 0 Å². The van der Waals surface area contributed by atoms with E-state index in [1.165, 1.54) is 6.20 Å². The summed E-state index contributed by atoms with van der Waals surface area (Å²) in [7, 11) is 0. The number of pyridine rings is 1. The third-order valence-corrected chi connectivity index (χ3v) is 1.42. The number of nitrogens with two attached hydrogens (primary N) is 1. The van der Waals surface area contributed by atoms with Crippen molar-refractivity contribution in [3.63, 3.8) is 0 Å². The molecular formula is C8H12N2O2. The second-order valence-corrected chi connectivity index (χ2v) is 2.43. The summed E-state index contributed by atoms with van der Waals surface area (Å²) >= 11 is 0. The number of nitrogens with one attached hydrogen (secondary N) is 1. The van der Waals surface area contributed by atoms with Crippen LogP contribution in [0, 0.1) is 0 Å². The van der Waals surface area contributed by atoms with Crippen LogP contribution in [0.15, 0.2) is 17.1 Å². The number of aromatic nitrogens is 1. The maximum Gasteiger partial charge on any atom is 0.274 e. The van der Waals surface area contributed by atoms with Gasteiger partial charge in [0.2, 0.25) is 0 Å². The molecule has 0 aromatic carbocycles. The smallest absolute Gasteiger partial charge is 0.274 e. The van der Waals surface area contributed by atoms with Crippen LogP contribution in [0.5, 0.6) is 5.75 Å². The van der Waals surface area contributed by atoms with Crippen molar-refractivity contribution in [2.24, 2.45) is 0 Å². The van der Waals surface area contributed by atoms with Gasteiger partial charge in [0.05, 0.1) is 6.61 Å². The van der Waals surface area contributed by atoms with Crippen LogP contribution in [0.1, 0.15) is 13.3 Å². The van der Waals surface area contributed by atoms with Crippen LogP contribution >= 0.6 is 0 Å². The predicted molar refractivity (Wildman–Crippen MR) is 47.3 cm³/mol. The van der Waals surface area contributed by atoms with Crippen LogP contribution < -0.4 is 16.0 Å². The van der Waals surface area contributed by atoms with Crippen molar-refractivity contribution < 1.29 is 4.74 Å².